The highest BCUT2D eigenvalue weighted by atomic mass is 35.5. The second-order valence-corrected chi connectivity index (χ2v) is 7.69. The summed E-state index contributed by atoms with van der Waals surface area (Å²) < 4.78 is 4.84. The quantitative estimate of drug-likeness (QED) is 0.293. The number of nitrogens with zero attached hydrogens (tertiary/aromatic N) is 1. The van der Waals surface area contributed by atoms with Crippen molar-refractivity contribution in [1.82, 2.24) is 5.32 Å². The average Bonchev–Trinajstić information content (AvgIpc) is 3.59. The van der Waals surface area contributed by atoms with Crippen molar-refractivity contribution in [3.05, 3.63) is 58.9 Å². The van der Waals surface area contributed by atoms with Crippen LogP contribution in [0.5, 0.6) is 0 Å². The van der Waals surface area contributed by atoms with Crippen LogP contribution in [0, 0.1) is 5.92 Å². The molecule has 5 nitrogen and oxygen atoms in total. The third kappa shape index (κ3) is 5.13. The SMILES string of the molecule is C=C(NC(C(=O)OC)=C(Cl)C(N)=NC1(CCc2ccccc2)CC1)C1CC1. The van der Waals surface area contributed by atoms with E-state index in [-0.39, 0.29) is 22.1 Å². The Labute approximate surface area is 165 Å². The molecule has 2 aliphatic carbocycles. The number of carbonyl (C=O) groups excluding carboxylic acids is 1. The van der Waals surface area contributed by atoms with Crippen molar-refractivity contribution in [2.75, 3.05) is 7.11 Å². The van der Waals surface area contributed by atoms with E-state index in [9.17, 15) is 4.79 Å². The molecule has 2 saturated carbocycles. The summed E-state index contributed by atoms with van der Waals surface area (Å²) in [5, 5.41) is 3.08. The molecule has 27 heavy (non-hydrogen) atoms. The monoisotopic (exact) mass is 387 g/mol. The van der Waals surface area contributed by atoms with Gasteiger partial charge >= 0.3 is 5.97 Å². The van der Waals surface area contributed by atoms with Crippen LogP contribution < -0.4 is 11.1 Å². The number of amidine groups is 1. The number of halogens is 1. The maximum Gasteiger partial charge on any atom is 0.356 e. The van der Waals surface area contributed by atoms with E-state index in [0.29, 0.717) is 5.92 Å². The van der Waals surface area contributed by atoms with Crippen molar-refractivity contribution in [3.8, 4) is 0 Å². The zero-order valence-corrected chi connectivity index (χ0v) is 16.4. The number of ether oxygens (including phenoxy) is 1. The number of carbonyl (C=O) groups is 1. The lowest BCUT2D eigenvalue weighted by Crippen LogP contribution is -2.28. The summed E-state index contributed by atoms with van der Waals surface area (Å²) in [5.74, 6) is -0.0410. The minimum absolute atomic E-state index is 0.0923. The molecule has 3 rings (SSSR count). The van der Waals surface area contributed by atoms with E-state index in [1.165, 1.54) is 12.7 Å². The first kappa shape index (κ1) is 19.5. The van der Waals surface area contributed by atoms with Crippen LogP contribution in [0.1, 0.15) is 37.7 Å². The Balaban J connectivity index is 1.73. The lowest BCUT2D eigenvalue weighted by atomic mass is 10.0. The summed E-state index contributed by atoms with van der Waals surface area (Å²) in [6, 6.07) is 10.3. The third-order valence-electron chi connectivity index (χ3n) is 5.10. The number of rotatable bonds is 9. The third-order valence-corrected chi connectivity index (χ3v) is 5.48. The smallest absolute Gasteiger partial charge is 0.356 e. The van der Waals surface area contributed by atoms with Gasteiger partial charge in [0.25, 0.3) is 0 Å². The number of nitrogens with two attached hydrogens (primary N) is 1. The van der Waals surface area contributed by atoms with Gasteiger partial charge in [-0.2, -0.15) is 0 Å². The number of esters is 1. The molecule has 1 aromatic carbocycles. The molecule has 0 saturated heterocycles. The summed E-state index contributed by atoms with van der Waals surface area (Å²) in [4.78, 5) is 16.8. The Morgan fingerprint density at radius 3 is 2.59 bits per heavy atom. The number of allylic oxidation sites excluding steroid dienone is 1. The number of benzene rings is 1. The molecule has 2 aliphatic rings. The van der Waals surface area contributed by atoms with Crippen molar-refractivity contribution in [3.63, 3.8) is 0 Å². The van der Waals surface area contributed by atoms with Crippen LogP contribution in [0.15, 0.2) is 58.3 Å². The fourth-order valence-corrected chi connectivity index (χ4v) is 3.17. The van der Waals surface area contributed by atoms with Crippen LogP contribution in [0.3, 0.4) is 0 Å². The molecule has 144 valence electrons. The van der Waals surface area contributed by atoms with E-state index in [2.05, 4.69) is 29.0 Å². The number of hydrogen-bond acceptors (Lipinski definition) is 4. The molecule has 0 heterocycles. The molecule has 6 heteroatoms. The van der Waals surface area contributed by atoms with Crippen molar-refractivity contribution < 1.29 is 9.53 Å². The molecular weight excluding hydrogens is 362 g/mol. The molecule has 0 amide bonds. The van der Waals surface area contributed by atoms with Crippen molar-refractivity contribution in [2.24, 2.45) is 16.6 Å². The average molecular weight is 388 g/mol. The first-order valence-corrected chi connectivity index (χ1v) is 9.65. The second kappa shape index (κ2) is 8.17. The van der Waals surface area contributed by atoms with Crippen LogP contribution in [0.2, 0.25) is 0 Å². The highest BCUT2D eigenvalue weighted by Crippen LogP contribution is 2.44. The molecule has 0 aromatic heterocycles. The van der Waals surface area contributed by atoms with Crippen molar-refractivity contribution >= 4 is 23.4 Å². The predicted molar refractivity (Wildman–Crippen MR) is 108 cm³/mol. The van der Waals surface area contributed by atoms with Gasteiger partial charge in [-0.05, 0) is 50.0 Å². The molecule has 2 fully saturated rings. The van der Waals surface area contributed by atoms with Gasteiger partial charge in [0.05, 0.1) is 12.6 Å². The van der Waals surface area contributed by atoms with E-state index >= 15 is 0 Å². The highest BCUT2D eigenvalue weighted by Gasteiger charge is 2.42. The summed E-state index contributed by atoms with van der Waals surface area (Å²) in [7, 11) is 1.31. The normalized spacial score (nSPS) is 19.1. The van der Waals surface area contributed by atoms with Gasteiger partial charge in [0.15, 0.2) is 0 Å². The van der Waals surface area contributed by atoms with Gasteiger partial charge in [-0.25, -0.2) is 4.79 Å². The fraction of sp³-hybridized carbons (Fsp3) is 0.429. The van der Waals surface area contributed by atoms with E-state index in [1.807, 2.05) is 18.2 Å². The number of hydrogen-bond donors (Lipinski definition) is 2. The molecule has 0 radical (unpaired) electrons. The van der Waals surface area contributed by atoms with Crippen LogP contribution in [-0.2, 0) is 16.0 Å². The molecule has 0 atom stereocenters. The molecular formula is C21H26ClN3O2. The number of aryl methyl sites for hydroxylation is 1. The lowest BCUT2D eigenvalue weighted by Gasteiger charge is -2.15. The first-order chi connectivity index (χ1) is 12.9. The minimum atomic E-state index is -0.575. The van der Waals surface area contributed by atoms with E-state index < -0.39 is 5.97 Å². The van der Waals surface area contributed by atoms with Crippen molar-refractivity contribution in [1.29, 1.82) is 0 Å². The van der Waals surface area contributed by atoms with Crippen molar-refractivity contribution in [2.45, 2.75) is 44.1 Å². The van der Waals surface area contributed by atoms with Gasteiger partial charge in [0, 0.05) is 5.70 Å². The Kier molecular flexibility index (Phi) is 5.90. The van der Waals surface area contributed by atoms with Gasteiger partial charge < -0.3 is 15.8 Å². The Hall–Kier alpha value is -2.27. The zero-order valence-electron chi connectivity index (χ0n) is 15.6. The second-order valence-electron chi connectivity index (χ2n) is 7.31. The fourth-order valence-electron chi connectivity index (χ4n) is 3.01. The highest BCUT2D eigenvalue weighted by molar-refractivity contribution is 6.44. The van der Waals surface area contributed by atoms with Crippen LogP contribution in [-0.4, -0.2) is 24.5 Å². The standard InChI is InChI=1S/C21H26ClN3O2/c1-14(16-8-9-16)24-18(20(26)27-2)17(22)19(23)25-21(12-13-21)11-10-15-6-4-3-5-7-15/h3-7,16,24H,1,8-13H2,2H3,(H2,23,25). The topological polar surface area (TPSA) is 76.7 Å². The largest absolute Gasteiger partial charge is 0.464 e. The zero-order chi connectivity index (χ0) is 19.4. The van der Waals surface area contributed by atoms with Gasteiger partial charge in [-0.1, -0.05) is 48.5 Å². The van der Waals surface area contributed by atoms with Gasteiger partial charge in [-0.3, -0.25) is 4.99 Å². The minimum Gasteiger partial charge on any atom is -0.464 e. The maximum atomic E-state index is 12.1. The number of aliphatic imine (C=N–C) groups is 1. The summed E-state index contributed by atoms with van der Waals surface area (Å²) in [5.41, 5.74) is 8.11. The van der Waals surface area contributed by atoms with Crippen LogP contribution in [0.25, 0.3) is 0 Å². The maximum absolute atomic E-state index is 12.1. The van der Waals surface area contributed by atoms with Crippen LogP contribution in [0.4, 0.5) is 0 Å². The lowest BCUT2D eigenvalue weighted by molar-refractivity contribution is -0.136. The summed E-state index contributed by atoms with van der Waals surface area (Å²) >= 11 is 6.41. The number of nitrogens with one attached hydrogen (secondary N) is 1. The molecule has 0 aliphatic heterocycles. The molecule has 0 spiro atoms. The van der Waals surface area contributed by atoms with Crippen LogP contribution >= 0.6 is 11.6 Å². The summed E-state index contributed by atoms with van der Waals surface area (Å²) in [6.45, 7) is 3.97. The molecule has 3 N–H and O–H groups in total. The Bertz CT molecular complexity index is 778. The van der Waals surface area contributed by atoms with E-state index in [0.717, 1.165) is 44.2 Å². The van der Waals surface area contributed by atoms with Gasteiger partial charge in [0.1, 0.15) is 16.6 Å². The summed E-state index contributed by atoms with van der Waals surface area (Å²) in [6.07, 6.45) is 5.90. The van der Waals surface area contributed by atoms with E-state index in [1.54, 1.807) is 0 Å². The first-order valence-electron chi connectivity index (χ1n) is 9.27. The Morgan fingerprint density at radius 1 is 1.37 bits per heavy atom. The predicted octanol–water partition coefficient (Wildman–Crippen LogP) is 3.65. The molecule has 0 bridgehead atoms. The Morgan fingerprint density at radius 2 is 2.04 bits per heavy atom. The van der Waals surface area contributed by atoms with E-state index in [4.69, 9.17) is 22.1 Å². The van der Waals surface area contributed by atoms with Gasteiger partial charge in [-0.15, -0.1) is 0 Å². The number of methoxy groups -OCH3 is 1. The molecule has 0 unspecified atom stereocenters. The molecule has 1 aromatic rings. The van der Waals surface area contributed by atoms with Gasteiger partial charge in [0.2, 0.25) is 0 Å².